The molecule has 8 nitrogen and oxygen atoms in total. The summed E-state index contributed by atoms with van der Waals surface area (Å²) in [5, 5.41) is 21.0. The monoisotopic (exact) mass is 515 g/mol. The van der Waals surface area contributed by atoms with Crippen molar-refractivity contribution in [2.75, 3.05) is 27.9 Å². The van der Waals surface area contributed by atoms with Crippen molar-refractivity contribution < 1.29 is 34.0 Å². The summed E-state index contributed by atoms with van der Waals surface area (Å²) in [6, 6.07) is 18.4. The number of phenolic OH excluding ortho intramolecular Hbond substituents is 1. The molecule has 1 aliphatic heterocycles. The molecule has 1 atom stereocenters. The fraction of sp³-hybridized carbons (Fsp3) is 0.200. The Morgan fingerprint density at radius 3 is 2.29 bits per heavy atom. The van der Waals surface area contributed by atoms with Gasteiger partial charge in [0.1, 0.15) is 0 Å². The van der Waals surface area contributed by atoms with E-state index in [1.165, 1.54) is 24.2 Å². The number of rotatable bonds is 10. The molecule has 0 saturated carbocycles. The van der Waals surface area contributed by atoms with E-state index in [2.05, 4.69) is 0 Å². The van der Waals surface area contributed by atoms with Crippen LogP contribution in [0.2, 0.25) is 0 Å². The molecule has 38 heavy (non-hydrogen) atoms. The highest BCUT2D eigenvalue weighted by Gasteiger charge is 2.43. The maximum Gasteiger partial charge on any atom is 0.290 e. The van der Waals surface area contributed by atoms with Crippen molar-refractivity contribution >= 4 is 17.8 Å². The molecule has 0 radical (unpaired) electrons. The van der Waals surface area contributed by atoms with Gasteiger partial charge in [-0.2, -0.15) is 0 Å². The average molecular weight is 516 g/mol. The zero-order chi connectivity index (χ0) is 27.2. The number of ketones is 1. The number of ether oxygens (including phenoxy) is 3. The van der Waals surface area contributed by atoms with Gasteiger partial charge in [0.2, 0.25) is 0 Å². The van der Waals surface area contributed by atoms with E-state index in [4.69, 9.17) is 14.2 Å². The molecule has 0 saturated heterocycles. The maximum atomic E-state index is 13.4. The Labute approximate surface area is 221 Å². The number of aliphatic hydroxyl groups excluding tert-OH is 1. The van der Waals surface area contributed by atoms with Crippen molar-refractivity contribution in [3.8, 4) is 23.0 Å². The summed E-state index contributed by atoms with van der Waals surface area (Å²) < 4.78 is 15.9. The lowest BCUT2D eigenvalue weighted by Crippen LogP contribution is -2.33. The van der Waals surface area contributed by atoms with Crippen molar-refractivity contribution in [2.24, 2.45) is 0 Å². The Balaban J connectivity index is 1.69. The molecule has 1 amide bonds. The van der Waals surface area contributed by atoms with E-state index >= 15 is 0 Å². The predicted molar refractivity (Wildman–Crippen MR) is 143 cm³/mol. The molecule has 1 aliphatic rings. The smallest absolute Gasteiger partial charge is 0.290 e. The Bertz CT molecular complexity index is 1390. The van der Waals surface area contributed by atoms with Crippen LogP contribution in [0.5, 0.6) is 23.0 Å². The lowest BCUT2D eigenvalue weighted by molar-refractivity contribution is -0.129. The summed E-state index contributed by atoms with van der Waals surface area (Å²) in [6.07, 6.45) is 3.40. The van der Waals surface area contributed by atoms with Crippen LogP contribution in [0.25, 0.3) is 6.08 Å². The Kier molecular flexibility index (Phi) is 8.01. The van der Waals surface area contributed by atoms with Crippen LogP contribution in [-0.2, 0) is 16.0 Å². The van der Waals surface area contributed by atoms with Gasteiger partial charge in [0.25, 0.3) is 5.91 Å². The highest BCUT2D eigenvalue weighted by atomic mass is 16.5. The molecule has 0 aromatic heterocycles. The third kappa shape index (κ3) is 5.34. The molecule has 1 unspecified atom stereocenters. The third-order valence-corrected chi connectivity index (χ3v) is 6.40. The normalized spacial score (nSPS) is 15.3. The number of methoxy groups -OCH3 is 3. The molecule has 0 aliphatic carbocycles. The van der Waals surface area contributed by atoms with Gasteiger partial charge in [-0.1, -0.05) is 48.5 Å². The second-order valence-corrected chi connectivity index (χ2v) is 8.64. The molecule has 1 heterocycles. The quantitative estimate of drug-likeness (QED) is 0.379. The van der Waals surface area contributed by atoms with E-state index in [1.807, 2.05) is 42.5 Å². The fourth-order valence-corrected chi connectivity index (χ4v) is 4.46. The standard InChI is InChI=1S/C30H29NO7/c1-36-24-14-10-20(17-26(24)38-3)15-16-31-28(21-11-13-22(32)25(18-21)37-2)27(29(34)30(31)35)23(33)12-9-19-7-5-4-6-8-19/h4-14,17-18,28,32,34H,15-16H2,1-3H3/b12-9+. The van der Waals surface area contributed by atoms with Crippen LogP contribution in [0.3, 0.4) is 0 Å². The number of aromatic hydroxyl groups is 1. The van der Waals surface area contributed by atoms with Crippen LogP contribution >= 0.6 is 0 Å². The van der Waals surface area contributed by atoms with Crippen molar-refractivity contribution in [1.82, 2.24) is 4.90 Å². The number of benzene rings is 3. The molecular formula is C30H29NO7. The molecule has 3 aromatic rings. The lowest BCUT2D eigenvalue weighted by Gasteiger charge is -2.27. The number of allylic oxidation sites excluding steroid dienone is 1. The van der Waals surface area contributed by atoms with Crippen LogP contribution in [0.1, 0.15) is 22.7 Å². The number of carbonyl (C=O) groups excluding carboxylic acids is 2. The third-order valence-electron chi connectivity index (χ3n) is 6.40. The van der Waals surface area contributed by atoms with Gasteiger partial charge in [-0.3, -0.25) is 9.59 Å². The minimum atomic E-state index is -0.884. The average Bonchev–Trinajstić information content (AvgIpc) is 3.20. The first-order valence-corrected chi connectivity index (χ1v) is 12.0. The minimum Gasteiger partial charge on any atom is -0.504 e. The molecule has 4 rings (SSSR count). The number of phenols is 1. The lowest BCUT2D eigenvalue weighted by atomic mass is 9.95. The summed E-state index contributed by atoms with van der Waals surface area (Å²) >= 11 is 0. The molecule has 3 aromatic carbocycles. The molecule has 0 bridgehead atoms. The van der Waals surface area contributed by atoms with Crippen LogP contribution in [0, 0.1) is 0 Å². The van der Waals surface area contributed by atoms with Crippen LogP contribution in [-0.4, -0.2) is 54.7 Å². The highest BCUT2D eigenvalue weighted by Crippen LogP contribution is 2.41. The number of carbonyl (C=O) groups is 2. The largest absolute Gasteiger partial charge is 0.504 e. The zero-order valence-electron chi connectivity index (χ0n) is 21.4. The summed E-state index contributed by atoms with van der Waals surface area (Å²) in [5.41, 5.74) is 2.15. The van der Waals surface area contributed by atoms with E-state index < -0.39 is 23.5 Å². The van der Waals surface area contributed by atoms with Gasteiger partial charge in [0, 0.05) is 6.54 Å². The highest BCUT2D eigenvalue weighted by molar-refractivity contribution is 6.14. The van der Waals surface area contributed by atoms with E-state index in [1.54, 1.807) is 38.5 Å². The molecular weight excluding hydrogens is 486 g/mol. The molecule has 0 fully saturated rings. The second kappa shape index (κ2) is 11.6. The van der Waals surface area contributed by atoms with Crippen LogP contribution < -0.4 is 14.2 Å². The molecule has 0 spiro atoms. The molecule has 2 N–H and O–H groups in total. The van der Waals surface area contributed by atoms with Gasteiger partial charge in [-0.15, -0.1) is 0 Å². The van der Waals surface area contributed by atoms with E-state index in [0.29, 0.717) is 23.5 Å². The van der Waals surface area contributed by atoms with Gasteiger partial charge in [-0.05, 0) is 53.5 Å². The first-order valence-electron chi connectivity index (χ1n) is 12.0. The number of hydrogen-bond acceptors (Lipinski definition) is 7. The summed E-state index contributed by atoms with van der Waals surface area (Å²) in [7, 11) is 4.51. The van der Waals surface area contributed by atoms with Crippen molar-refractivity contribution in [3.63, 3.8) is 0 Å². The summed E-state index contributed by atoms with van der Waals surface area (Å²) in [6.45, 7) is 0.200. The summed E-state index contributed by atoms with van der Waals surface area (Å²) in [5.74, 6) is -0.503. The Hall–Kier alpha value is -4.72. The number of hydrogen-bond donors (Lipinski definition) is 2. The van der Waals surface area contributed by atoms with Crippen molar-refractivity contribution in [2.45, 2.75) is 12.5 Å². The Morgan fingerprint density at radius 2 is 1.61 bits per heavy atom. The zero-order valence-corrected chi connectivity index (χ0v) is 21.4. The van der Waals surface area contributed by atoms with E-state index in [-0.39, 0.29) is 23.6 Å². The number of aliphatic hydroxyl groups is 1. The second-order valence-electron chi connectivity index (χ2n) is 8.64. The predicted octanol–water partition coefficient (Wildman–Crippen LogP) is 4.64. The first kappa shape index (κ1) is 26.3. The van der Waals surface area contributed by atoms with Crippen molar-refractivity contribution in [3.05, 3.63) is 101 Å². The Morgan fingerprint density at radius 1 is 0.895 bits per heavy atom. The van der Waals surface area contributed by atoms with Gasteiger partial charge < -0.3 is 29.3 Å². The maximum absolute atomic E-state index is 13.4. The fourth-order valence-electron chi connectivity index (χ4n) is 4.46. The van der Waals surface area contributed by atoms with Gasteiger partial charge >= 0.3 is 0 Å². The van der Waals surface area contributed by atoms with E-state index in [0.717, 1.165) is 11.1 Å². The van der Waals surface area contributed by atoms with Crippen molar-refractivity contribution in [1.29, 1.82) is 0 Å². The molecule has 196 valence electrons. The SMILES string of the molecule is COc1cc(C2C(C(=O)/C=C/c3ccccc3)=C(O)C(=O)N2CCc2ccc(OC)c(OC)c2)ccc1O. The van der Waals surface area contributed by atoms with Crippen LogP contribution in [0.15, 0.2) is 84.1 Å². The topological polar surface area (TPSA) is 106 Å². The summed E-state index contributed by atoms with van der Waals surface area (Å²) in [4.78, 5) is 28.1. The molecule has 8 heteroatoms. The van der Waals surface area contributed by atoms with E-state index in [9.17, 15) is 19.8 Å². The van der Waals surface area contributed by atoms with Crippen LogP contribution in [0.4, 0.5) is 0 Å². The number of nitrogens with zero attached hydrogens (tertiary/aromatic N) is 1. The van der Waals surface area contributed by atoms with Gasteiger partial charge in [0.05, 0.1) is 32.9 Å². The minimum absolute atomic E-state index is 0.0396. The first-order chi connectivity index (χ1) is 18.4. The van der Waals surface area contributed by atoms with Gasteiger partial charge in [-0.25, -0.2) is 0 Å². The van der Waals surface area contributed by atoms with Gasteiger partial charge in [0.15, 0.2) is 34.5 Å². The number of amides is 1.